The van der Waals surface area contributed by atoms with Crippen LogP contribution in [-0.2, 0) is 0 Å². The molecular formula is C13H15N5O2. The van der Waals surface area contributed by atoms with Crippen molar-refractivity contribution in [2.45, 2.75) is 18.6 Å². The molecule has 2 unspecified atom stereocenters. The summed E-state index contributed by atoms with van der Waals surface area (Å²) >= 11 is 0. The minimum atomic E-state index is -1.00. The number of hydrogen-bond donors (Lipinski definition) is 3. The van der Waals surface area contributed by atoms with Crippen molar-refractivity contribution >= 4 is 0 Å². The Kier molecular flexibility index (Phi) is 4.73. The van der Waals surface area contributed by atoms with Crippen molar-refractivity contribution in [1.29, 1.82) is 0 Å². The Labute approximate surface area is 115 Å². The quantitative estimate of drug-likeness (QED) is 0.425. The zero-order chi connectivity index (χ0) is 14.4. The van der Waals surface area contributed by atoms with E-state index in [1.807, 2.05) is 18.2 Å². The number of aromatic amines is 1. The van der Waals surface area contributed by atoms with Gasteiger partial charge in [-0.2, -0.15) is 5.10 Å². The highest BCUT2D eigenvalue weighted by molar-refractivity contribution is 5.58. The fourth-order valence-electron chi connectivity index (χ4n) is 1.89. The van der Waals surface area contributed by atoms with Crippen LogP contribution in [0, 0.1) is 0 Å². The number of H-pyrrole nitrogens is 1. The normalized spacial score (nSPS) is 13.5. The molecule has 7 nitrogen and oxygen atoms in total. The van der Waals surface area contributed by atoms with E-state index in [4.69, 9.17) is 5.53 Å². The van der Waals surface area contributed by atoms with Crippen LogP contribution in [0.5, 0.6) is 0 Å². The van der Waals surface area contributed by atoms with Gasteiger partial charge in [-0.05, 0) is 29.1 Å². The van der Waals surface area contributed by atoms with Crippen LogP contribution in [0.4, 0.5) is 0 Å². The number of nitrogens with zero attached hydrogens (tertiary/aromatic N) is 4. The van der Waals surface area contributed by atoms with Gasteiger partial charge in [-0.15, -0.1) is 0 Å². The van der Waals surface area contributed by atoms with Crippen LogP contribution in [0.1, 0.15) is 18.1 Å². The highest BCUT2D eigenvalue weighted by Gasteiger charge is 2.17. The van der Waals surface area contributed by atoms with E-state index in [1.54, 1.807) is 18.3 Å². The minimum Gasteiger partial charge on any atom is -0.390 e. The third-order valence-corrected chi connectivity index (χ3v) is 3.02. The lowest BCUT2D eigenvalue weighted by Gasteiger charge is -2.17. The van der Waals surface area contributed by atoms with Crippen molar-refractivity contribution in [3.05, 3.63) is 52.5 Å². The first kappa shape index (κ1) is 14.1. The third-order valence-electron chi connectivity index (χ3n) is 3.02. The van der Waals surface area contributed by atoms with E-state index in [9.17, 15) is 10.2 Å². The fraction of sp³-hybridized carbons (Fsp3) is 0.308. The first-order valence-electron chi connectivity index (χ1n) is 6.19. The van der Waals surface area contributed by atoms with Gasteiger partial charge >= 0.3 is 0 Å². The predicted octanol–water partition coefficient (Wildman–Crippen LogP) is 2.17. The molecule has 2 rings (SSSR count). The molecule has 0 fully saturated rings. The molecule has 1 aromatic carbocycles. The molecule has 0 radical (unpaired) electrons. The van der Waals surface area contributed by atoms with E-state index in [-0.39, 0.29) is 13.0 Å². The number of azide groups is 1. The van der Waals surface area contributed by atoms with Gasteiger partial charge in [-0.3, -0.25) is 5.10 Å². The van der Waals surface area contributed by atoms with Gasteiger partial charge in [0.2, 0.25) is 0 Å². The van der Waals surface area contributed by atoms with Crippen molar-refractivity contribution in [3.8, 4) is 11.3 Å². The minimum absolute atomic E-state index is 0.154. The Bertz CT molecular complexity index is 575. The first-order valence-corrected chi connectivity index (χ1v) is 6.19. The largest absolute Gasteiger partial charge is 0.390 e. The van der Waals surface area contributed by atoms with Crippen molar-refractivity contribution < 1.29 is 10.2 Å². The zero-order valence-corrected chi connectivity index (χ0v) is 10.7. The number of nitrogens with one attached hydrogen (secondary N) is 1. The Morgan fingerprint density at radius 1 is 1.25 bits per heavy atom. The van der Waals surface area contributed by atoms with Gasteiger partial charge in [0.05, 0.1) is 11.8 Å². The van der Waals surface area contributed by atoms with E-state index in [0.717, 1.165) is 11.3 Å². The number of aromatic nitrogens is 2. The SMILES string of the molecule is [N-]=[N+]=NCCC(O)C(O)c1ccc(-c2ccn[nH]2)cc1. The molecule has 0 aliphatic carbocycles. The Morgan fingerprint density at radius 3 is 2.60 bits per heavy atom. The molecule has 2 aromatic rings. The molecule has 3 N–H and O–H groups in total. The van der Waals surface area contributed by atoms with Crippen LogP contribution in [-0.4, -0.2) is 33.1 Å². The molecule has 0 spiro atoms. The molecule has 0 saturated carbocycles. The molecule has 0 aliphatic heterocycles. The van der Waals surface area contributed by atoms with Gasteiger partial charge in [-0.1, -0.05) is 29.4 Å². The van der Waals surface area contributed by atoms with Crippen LogP contribution >= 0.6 is 0 Å². The second-order valence-electron chi connectivity index (χ2n) is 4.35. The highest BCUT2D eigenvalue weighted by Crippen LogP contribution is 2.23. The summed E-state index contributed by atoms with van der Waals surface area (Å²) in [6, 6.07) is 9.02. The second-order valence-corrected chi connectivity index (χ2v) is 4.35. The number of aliphatic hydroxyl groups is 2. The van der Waals surface area contributed by atoms with E-state index >= 15 is 0 Å². The summed E-state index contributed by atoms with van der Waals surface area (Å²) in [5, 5.41) is 29.9. The summed E-state index contributed by atoms with van der Waals surface area (Å²) in [5.74, 6) is 0. The molecular weight excluding hydrogens is 258 g/mol. The molecule has 20 heavy (non-hydrogen) atoms. The molecule has 0 saturated heterocycles. The van der Waals surface area contributed by atoms with Gasteiger partial charge in [0.15, 0.2) is 0 Å². The van der Waals surface area contributed by atoms with Crippen molar-refractivity contribution in [2.75, 3.05) is 6.54 Å². The summed E-state index contributed by atoms with van der Waals surface area (Å²) in [5.41, 5.74) is 10.6. The maximum absolute atomic E-state index is 10.0. The van der Waals surface area contributed by atoms with Crippen LogP contribution in [0.2, 0.25) is 0 Å². The molecule has 104 valence electrons. The number of benzene rings is 1. The van der Waals surface area contributed by atoms with Crippen LogP contribution < -0.4 is 0 Å². The van der Waals surface area contributed by atoms with Gasteiger partial charge in [-0.25, -0.2) is 0 Å². The standard InChI is InChI=1S/C13H15N5O2/c14-18-16-8-6-12(19)13(20)10-3-1-9(2-4-10)11-5-7-15-17-11/h1-5,7,12-13,19-20H,6,8H2,(H,15,17). The predicted molar refractivity (Wildman–Crippen MR) is 73.6 cm³/mol. The maximum Gasteiger partial charge on any atom is 0.105 e. The average Bonchev–Trinajstić information content (AvgIpc) is 3.01. The Morgan fingerprint density at radius 2 is 2.00 bits per heavy atom. The lowest BCUT2D eigenvalue weighted by Crippen LogP contribution is -2.19. The summed E-state index contributed by atoms with van der Waals surface area (Å²) in [4.78, 5) is 2.60. The number of rotatable bonds is 6. The maximum atomic E-state index is 10.0. The molecule has 1 aromatic heterocycles. The first-order chi connectivity index (χ1) is 9.72. The summed E-state index contributed by atoms with van der Waals surface area (Å²) in [6.07, 6.45) is -0.0799. The zero-order valence-electron chi connectivity index (χ0n) is 10.7. The van der Waals surface area contributed by atoms with Crippen molar-refractivity contribution in [2.24, 2.45) is 5.11 Å². The molecule has 2 atom stereocenters. The Hall–Kier alpha value is -2.34. The average molecular weight is 273 g/mol. The fourth-order valence-corrected chi connectivity index (χ4v) is 1.89. The topological polar surface area (TPSA) is 118 Å². The van der Waals surface area contributed by atoms with Gasteiger partial charge in [0, 0.05) is 17.7 Å². The van der Waals surface area contributed by atoms with E-state index in [2.05, 4.69) is 20.2 Å². The molecule has 0 aliphatic rings. The van der Waals surface area contributed by atoms with E-state index < -0.39 is 12.2 Å². The molecule has 7 heteroatoms. The lowest BCUT2D eigenvalue weighted by molar-refractivity contribution is 0.0150. The Balaban J connectivity index is 2.03. The van der Waals surface area contributed by atoms with Crippen LogP contribution in [0.3, 0.4) is 0 Å². The summed E-state index contributed by atoms with van der Waals surface area (Å²) < 4.78 is 0. The second kappa shape index (κ2) is 6.72. The molecule has 0 bridgehead atoms. The number of hydrogen-bond acceptors (Lipinski definition) is 4. The monoisotopic (exact) mass is 273 g/mol. The van der Waals surface area contributed by atoms with Crippen LogP contribution in [0.15, 0.2) is 41.6 Å². The summed E-state index contributed by atoms with van der Waals surface area (Å²) in [7, 11) is 0. The van der Waals surface area contributed by atoms with Crippen molar-refractivity contribution in [3.63, 3.8) is 0 Å². The lowest BCUT2D eigenvalue weighted by atomic mass is 10.0. The van der Waals surface area contributed by atoms with Gasteiger partial charge in [0.1, 0.15) is 6.10 Å². The molecule has 0 amide bonds. The van der Waals surface area contributed by atoms with Crippen LogP contribution in [0.25, 0.3) is 21.7 Å². The van der Waals surface area contributed by atoms with Gasteiger partial charge < -0.3 is 10.2 Å². The van der Waals surface area contributed by atoms with Crippen molar-refractivity contribution in [1.82, 2.24) is 10.2 Å². The van der Waals surface area contributed by atoms with E-state index in [0.29, 0.717) is 5.56 Å². The smallest absolute Gasteiger partial charge is 0.105 e. The summed E-state index contributed by atoms with van der Waals surface area (Å²) in [6.45, 7) is 0.154. The third kappa shape index (κ3) is 3.36. The van der Waals surface area contributed by atoms with Gasteiger partial charge in [0.25, 0.3) is 0 Å². The highest BCUT2D eigenvalue weighted by atomic mass is 16.3. The van der Waals surface area contributed by atoms with E-state index in [1.165, 1.54) is 0 Å². The molecule has 1 heterocycles. The number of aliphatic hydroxyl groups excluding tert-OH is 2.